The minimum atomic E-state index is -0.130. The van der Waals surface area contributed by atoms with Crippen molar-refractivity contribution in [3.8, 4) is 11.5 Å². The van der Waals surface area contributed by atoms with E-state index < -0.39 is 0 Å². The van der Waals surface area contributed by atoms with Gasteiger partial charge in [0, 0.05) is 17.6 Å². The first-order valence-electron chi connectivity index (χ1n) is 4.49. The average Bonchev–Trinajstić information content (AvgIpc) is 2.27. The van der Waals surface area contributed by atoms with Crippen LogP contribution in [0.1, 0.15) is 0 Å². The third-order valence-corrected chi connectivity index (χ3v) is 2.25. The van der Waals surface area contributed by atoms with Gasteiger partial charge < -0.3 is 14.5 Å². The van der Waals surface area contributed by atoms with Gasteiger partial charge in [-0.3, -0.25) is 4.79 Å². The molecule has 2 rings (SSSR count). The van der Waals surface area contributed by atoms with Gasteiger partial charge in [0.25, 0.3) is 0 Å². The first-order chi connectivity index (χ1) is 7.24. The Hall–Kier alpha value is -1.97. The zero-order chi connectivity index (χ0) is 10.8. The molecule has 0 aliphatic carbocycles. The topological polar surface area (TPSA) is 51.3 Å². The van der Waals surface area contributed by atoms with E-state index in [1.807, 2.05) is 6.07 Å². The van der Waals surface area contributed by atoms with Crippen LogP contribution in [0.2, 0.25) is 0 Å². The van der Waals surface area contributed by atoms with Crippen LogP contribution in [-0.2, 0) is 0 Å². The van der Waals surface area contributed by atoms with Crippen molar-refractivity contribution in [2.75, 3.05) is 14.2 Å². The van der Waals surface area contributed by atoms with Gasteiger partial charge >= 0.3 is 0 Å². The lowest BCUT2D eigenvalue weighted by Crippen LogP contribution is -2.02. The monoisotopic (exact) mass is 205 g/mol. The summed E-state index contributed by atoms with van der Waals surface area (Å²) in [5.41, 5.74) is -0.130. The van der Waals surface area contributed by atoms with Crippen molar-refractivity contribution in [2.45, 2.75) is 0 Å². The smallest absolute Gasteiger partial charge is 0.248 e. The molecule has 0 bridgehead atoms. The highest BCUT2D eigenvalue weighted by Gasteiger charge is 2.05. The molecule has 0 fully saturated rings. The summed E-state index contributed by atoms with van der Waals surface area (Å²) in [4.78, 5) is 13.7. The molecule has 15 heavy (non-hydrogen) atoms. The first-order valence-corrected chi connectivity index (χ1v) is 4.49. The van der Waals surface area contributed by atoms with Crippen LogP contribution in [0, 0.1) is 0 Å². The molecule has 0 radical (unpaired) electrons. The van der Waals surface area contributed by atoms with Crippen molar-refractivity contribution < 1.29 is 9.47 Å². The fourth-order valence-electron chi connectivity index (χ4n) is 1.49. The van der Waals surface area contributed by atoms with E-state index in [0.29, 0.717) is 11.5 Å². The van der Waals surface area contributed by atoms with Gasteiger partial charge in [0.15, 0.2) is 11.5 Å². The molecular weight excluding hydrogens is 194 g/mol. The van der Waals surface area contributed by atoms with Gasteiger partial charge in [-0.2, -0.15) is 0 Å². The van der Waals surface area contributed by atoms with Gasteiger partial charge in [0.05, 0.1) is 14.2 Å². The van der Waals surface area contributed by atoms with E-state index in [0.717, 1.165) is 10.8 Å². The Morgan fingerprint density at radius 2 is 1.60 bits per heavy atom. The minimum Gasteiger partial charge on any atom is -0.493 e. The third kappa shape index (κ3) is 1.66. The molecule has 1 heterocycles. The Balaban J connectivity index is 2.75. The molecule has 0 amide bonds. The van der Waals surface area contributed by atoms with Crippen LogP contribution in [0.25, 0.3) is 10.8 Å². The number of ether oxygens (including phenoxy) is 2. The molecular formula is C11H11NO3. The fraction of sp³-hybridized carbons (Fsp3) is 0.182. The van der Waals surface area contributed by atoms with Crippen LogP contribution in [0.4, 0.5) is 0 Å². The summed E-state index contributed by atoms with van der Waals surface area (Å²) in [5.74, 6) is 1.27. The number of aromatic nitrogens is 1. The highest BCUT2D eigenvalue weighted by molar-refractivity contribution is 5.85. The molecule has 0 aliphatic rings. The number of hydrogen-bond acceptors (Lipinski definition) is 3. The van der Waals surface area contributed by atoms with Gasteiger partial charge in [0.2, 0.25) is 5.56 Å². The maximum atomic E-state index is 11.1. The molecule has 4 heteroatoms. The summed E-state index contributed by atoms with van der Waals surface area (Å²) >= 11 is 0. The molecule has 1 N–H and O–H groups in total. The van der Waals surface area contributed by atoms with Crippen molar-refractivity contribution in [1.29, 1.82) is 0 Å². The predicted molar refractivity (Wildman–Crippen MR) is 57.7 cm³/mol. The summed E-state index contributed by atoms with van der Waals surface area (Å²) in [6, 6.07) is 5.13. The molecule has 1 aromatic carbocycles. The highest BCUT2D eigenvalue weighted by Crippen LogP contribution is 2.30. The van der Waals surface area contributed by atoms with Crippen LogP contribution >= 0.6 is 0 Å². The first kappa shape index (κ1) is 9.58. The van der Waals surface area contributed by atoms with E-state index in [2.05, 4.69) is 4.98 Å². The predicted octanol–water partition coefficient (Wildman–Crippen LogP) is 1.55. The number of methoxy groups -OCH3 is 2. The summed E-state index contributed by atoms with van der Waals surface area (Å²) < 4.78 is 10.3. The molecule has 0 spiro atoms. The number of hydrogen-bond donors (Lipinski definition) is 1. The number of benzene rings is 1. The van der Waals surface area contributed by atoms with Crippen LogP contribution in [0.5, 0.6) is 11.5 Å². The van der Waals surface area contributed by atoms with Gasteiger partial charge in [-0.25, -0.2) is 0 Å². The molecule has 0 saturated carbocycles. The van der Waals surface area contributed by atoms with Crippen molar-refractivity contribution in [2.24, 2.45) is 0 Å². The van der Waals surface area contributed by atoms with E-state index in [1.165, 1.54) is 6.07 Å². The van der Waals surface area contributed by atoms with Gasteiger partial charge in [-0.05, 0) is 17.5 Å². The van der Waals surface area contributed by atoms with Crippen molar-refractivity contribution >= 4 is 10.8 Å². The second-order valence-corrected chi connectivity index (χ2v) is 3.13. The maximum absolute atomic E-state index is 11.1. The minimum absolute atomic E-state index is 0.130. The Kier molecular flexibility index (Phi) is 2.33. The average molecular weight is 205 g/mol. The second kappa shape index (κ2) is 3.65. The van der Waals surface area contributed by atoms with Gasteiger partial charge in [0.1, 0.15) is 0 Å². The molecule has 0 aliphatic heterocycles. The second-order valence-electron chi connectivity index (χ2n) is 3.13. The summed E-state index contributed by atoms with van der Waals surface area (Å²) in [7, 11) is 3.15. The Labute approximate surface area is 86.5 Å². The highest BCUT2D eigenvalue weighted by atomic mass is 16.5. The van der Waals surface area contributed by atoms with Crippen molar-refractivity contribution in [3.05, 3.63) is 34.7 Å². The summed E-state index contributed by atoms with van der Waals surface area (Å²) in [6.45, 7) is 0. The van der Waals surface area contributed by atoms with Crippen LogP contribution in [0.3, 0.4) is 0 Å². The Morgan fingerprint density at radius 1 is 1.00 bits per heavy atom. The molecule has 4 nitrogen and oxygen atoms in total. The zero-order valence-corrected chi connectivity index (χ0v) is 8.53. The molecule has 2 aromatic rings. The van der Waals surface area contributed by atoms with Crippen molar-refractivity contribution in [1.82, 2.24) is 4.98 Å². The van der Waals surface area contributed by atoms with Gasteiger partial charge in [-0.15, -0.1) is 0 Å². The standard InChI is InChI=1S/C11H11NO3/c1-14-9-3-7-5-11(13)12-6-8(7)4-10(9)15-2/h3-6H,1-2H3,(H,12,13). The molecule has 78 valence electrons. The molecule has 1 aromatic heterocycles. The van der Waals surface area contributed by atoms with E-state index in [1.54, 1.807) is 26.5 Å². The number of aromatic amines is 1. The third-order valence-electron chi connectivity index (χ3n) is 2.25. The molecule has 0 unspecified atom stereocenters. The van der Waals surface area contributed by atoms with Crippen LogP contribution in [-0.4, -0.2) is 19.2 Å². The number of fused-ring (bicyclic) bond motifs is 1. The Morgan fingerprint density at radius 3 is 2.20 bits per heavy atom. The van der Waals surface area contributed by atoms with Gasteiger partial charge in [-0.1, -0.05) is 0 Å². The van der Waals surface area contributed by atoms with E-state index in [9.17, 15) is 4.79 Å². The summed E-state index contributed by atoms with van der Waals surface area (Å²) in [6.07, 6.45) is 1.65. The largest absolute Gasteiger partial charge is 0.493 e. The lowest BCUT2D eigenvalue weighted by Gasteiger charge is -2.08. The van der Waals surface area contributed by atoms with E-state index in [-0.39, 0.29) is 5.56 Å². The number of H-pyrrole nitrogens is 1. The van der Waals surface area contributed by atoms with E-state index >= 15 is 0 Å². The Bertz CT molecular complexity index is 545. The zero-order valence-electron chi connectivity index (χ0n) is 8.53. The normalized spacial score (nSPS) is 10.3. The SMILES string of the molecule is COc1cc2c[nH]c(=O)cc2cc1OC. The lowest BCUT2D eigenvalue weighted by atomic mass is 10.1. The van der Waals surface area contributed by atoms with E-state index in [4.69, 9.17) is 9.47 Å². The van der Waals surface area contributed by atoms with Crippen LogP contribution < -0.4 is 15.0 Å². The quantitative estimate of drug-likeness (QED) is 0.809. The fourth-order valence-corrected chi connectivity index (χ4v) is 1.49. The number of rotatable bonds is 2. The number of pyridine rings is 1. The molecule has 0 atom stereocenters. The summed E-state index contributed by atoms with van der Waals surface area (Å²) in [5, 5.41) is 1.74. The molecule has 0 saturated heterocycles. The maximum Gasteiger partial charge on any atom is 0.248 e. The lowest BCUT2D eigenvalue weighted by molar-refractivity contribution is 0.356. The van der Waals surface area contributed by atoms with Crippen molar-refractivity contribution in [3.63, 3.8) is 0 Å². The number of nitrogens with one attached hydrogen (secondary N) is 1. The van der Waals surface area contributed by atoms with Crippen LogP contribution in [0.15, 0.2) is 29.2 Å².